The average Bonchev–Trinajstić information content (AvgIpc) is 3.31. The minimum atomic E-state index is -4.62. The normalized spacial score (nSPS) is 19.6. The molecule has 0 aromatic heterocycles. The van der Waals surface area contributed by atoms with E-state index in [2.05, 4.69) is 62.5 Å². The molecule has 0 amide bonds. The van der Waals surface area contributed by atoms with Gasteiger partial charge in [0.15, 0.2) is 12.4 Å². The highest BCUT2D eigenvalue weighted by Gasteiger charge is 2.46. The number of ether oxygens (including phenoxy) is 4. The Morgan fingerprint density at radius 1 is 0.500 bits per heavy atom. The minimum absolute atomic E-state index is 0.0925. The second-order valence-corrected chi connectivity index (χ2v) is 20.0. The number of unbranched alkanes of at least 4 members (excludes halogenated alkanes) is 23. The Labute approximate surface area is 413 Å². The van der Waals surface area contributed by atoms with E-state index in [1.165, 1.54) is 128 Å². The summed E-state index contributed by atoms with van der Waals surface area (Å²) >= 11 is 0. The predicted molar refractivity (Wildman–Crippen MR) is 275 cm³/mol. The van der Waals surface area contributed by atoms with Gasteiger partial charge in [0.05, 0.1) is 6.61 Å². The van der Waals surface area contributed by atoms with Crippen LogP contribution in [0.3, 0.4) is 0 Å². The third-order valence-electron chi connectivity index (χ3n) is 12.0. The van der Waals surface area contributed by atoms with Crippen LogP contribution in [0.5, 0.6) is 0 Å². The third kappa shape index (κ3) is 38.1. The molecule has 12 nitrogen and oxygen atoms in total. The molecule has 0 radical (unpaired) electrons. The summed E-state index contributed by atoms with van der Waals surface area (Å²) in [7, 11) is -4.62. The predicted octanol–water partition coefficient (Wildman–Crippen LogP) is 12.5. The lowest BCUT2D eigenvalue weighted by Gasteiger charge is -2.40. The average molecular weight is 981 g/mol. The van der Waals surface area contributed by atoms with Crippen LogP contribution in [0.4, 0.5) is 0 Å². The summed E-state index contributed by atoms with van der Waals surface area (Å²) in [5.41, 5.74) is 0. The molecule has 0 bridgehead atoms. The summed E-state index contributed by atoms with van der Waals surface area (Å²) in [6.07, 6.45) is 47.1. The molecule has 394 valence electrons. The molecule has 6 atom stereocenters. The fourth-order valence-electron chi connectivity index (χ4n) is 7.89. The van der Waals surface area contributed by atoms with Gasteiger partial charge in [-0.15, -0.1) is 0 Å². The summed E-state index contributed by atoms with van der Waals surface area (Å²) in [5, 5.41) is 31.0. The molecule has 13 heteroatoms. The summed E-state index contributed by atoms with van der Waals surface area (Å²) in [6, 6.07) is 0. The van der Waals surface area contributed by atoms with E-state index >= 15 is 0 Å². The van der Waals surface area contributed by atoms with E-state index in [1.807, 2.05) is 12.2 Å². The summed E-state index contributed by atoms with van der Waals surface area (Å²) in [5.74, 6) is -2.10. The molecule has 0 spiro atoms. The molecular weight excluding hydrogens is 885 g/mol. The summed E-state index contributed by atoms with van der Waals surface area (Å²) < 4.78 is 54.2. The van der Waals surface area contributed by atoms with E-state index in [1.54, 1.807) is 0 Å². The summed E-state index contributed by atoms with van der Waals surface area (Å²) in [4.78, 5) is 25.5. The fourth-order valence-corrected chi connectivity index (χ4v) is 8.58. The van der Waals surface area contributed by atoms with Crippen molar-refractivity contribution in [3.8, 4) is 0 Å². The smallest absolute Gasteiger partial charge is 0.306 e. The van der Waals surface area contributed by atoms with Gasteiger partial charge in [0.1, 0.15) is 36.8 Å². The lowest BCUT2D eigenvalue weighted by Crippen LogP contribution is -2.60. The molecule has 1 saturated heterocycles. The number of carbonyl (C=O) groups is 2. The zero-order valence-electron chi connectivity index (χ0n) is 42.4. The number of rotatable bonds is 45. The van der Waals surface area contributed by atoms with Crippen LogP contribution in [-0.2, 0) is 38.7 Å². The van der Waals surface area contributed by atoms with Gasteiger partial charge in [0, 0.05) is 12.8 Å². The van der Waals surface area contributed by atoms with Crippen molar-refractivity contribution < 1.29 is 56.8 Å². The molecule has 4 N–H and O–H groups in total. The second kappa shape index (κ2) is 44.3. The van der Waals surface area contributed by atoms with E-state index in [4.69, 9.17) is 18.9 Å². The molecule has 0 aromatic rings. The Hall–Kier alpha value is -2.65. The highest BCUT2D eigenvalue weighted by atomic mass is 32.2. The van der Waals surface area contributed by atoms with Crippen LogP contribution in [0, 0.1) is 0 Å². The quantitative estimate of drug-likeness (QED) is 0.0196. The zero-order chi connectivity index (χ0) is 49.8. The van der Waals surface area contributed by atoms with Crippen molar-refractivity contribution in [2.24, 2.45) is 0 Å². The Morgan fingerprint density at radius 2 is 0.897 bits per heavy atom. The minimum Gasteiger partial charge on any atom is -0.462 e. The van der Waals surface area contributed by atoms with Gasteiger partial charge in [-0.2, -0.15) is 8.42 Å². The molecule has 68 heavy (non-hydrogen) atoms. The van der Waals surface area contributed by atoms with Crippen molar-refractivity contribution in [2.75, 3.05) is 19.0 Å². The van der Waals surface area contributed by atoms with Gasteiger partial charge in [-0.25, -0.2) is 0 Å². The van der Waals surface area contributed by atoms with Crippen molar-refractivity contribution >= 4 is 22.1 Å². The molecule has 1 aliphatic heterocycles. The van der Waals surface area contributed by atoms with Crippen molar-refractivity contribution in [1.29, 1.82) is 0 Å². The maximum Gasteiger partial charge on any atom is 0.306 e. The highest BCUT2D eigenvalue weighted by molar-refractivity contribution is 7.85. The first kappa shape index (κ1) is 63.4. The molecule has 1 aliphatic rings. The molecule has 1 heterocycles. The number of hydrogen-bond acceptors (Lipinski definition) is 11. The van der Waals surface area contributed by atoms with E-state index in [9.17, 15) is 37.9 Å². The zero-order valence-corrected chi connectivity index (χ0v) is 43.3. The molecule has 0 aromatic carbocycles. The maximum atomic E-state index is 12.9. The lowest BCUT2D eigenvalue weighted by atomic mass is 10.00. The summed E-state index contributed by atoms with van der Waals surface area (Å²) in [6.45, 7) is 3.71. The molecule has 2 unspecified atom stereocenters. The van der Waals surface area contributed by atoms with E-state index in [-0.39, 0.29) is 19.4 Å². The van der Waals surface area contributed by atoms with E-state index < -0.39 is 71.2 Å². The Morgan fingerprint density at radius 3 is 1.37 bits per heavy atom. The van der Waals surface area contributed by atoms with Crippen molar-refractivity contribution in [1.82, 2.24) is 0 Å². The lowest BCUT2D eigenvalue weighted by molar-refractivity contribution is -0.297. The van der Waals surface area contributed by atoms with Crippen LogP contribution in [0.25, 0.3) is 0 Å². The van der Waals surface area contributed by atoms with Gasteiger partial charge in [-0.1, -0.05) is 190 Å². The molecule has 1 rings (SSSR count). The number of aliphatic hydroxyl groups excluding tert-OH is 3. The van der Waals surface area contributed by atoms with Gasteiger partial charge in [-0.3, -0.25) is 14.1 Å². The highest BCUT2D eigenvalue weighted by Crippen LogP contribution is 2.24. The van der Waals surface area contributed by atoms with E-state index in [0.717, 1.165) is 38.5 Å². The number of allylic oxidation sites excluding steroid dienone is 10. The second-order valence-electron chi connectivity index (χ2n) is 18.5. The van der Waals surface area contributed by atoms with Gasteiger partial charge in [0.25, 0.3) is 10.1 Å². The van der Waals surface area contributed by atoms with Crippen LogP contribution >= 0.6 is 0 Å². The van der Waals surface area contributed by atoms with Gasteiger partial charge >= 0.3 is 11.9 Å². The van der Waals surface area contributed by atoms with Crippen molar-refractivity contribution in [3.63, 3.8) is 0 Å². The van der Waals surface area contributed by atoms with Gasteiger partial charge in [0.2, 0.25) is 0 Å². The fraction of sp³-hybridized carbons (Fsp3) is 0.782. The van der Waals surface area contributed by atoms with Crippen LogP contribution in [0.2, 0.25) is 0 Å². The Balaban J connectivity index is 2.41. The van der Waals surface area contributed by atoms with Crippen LogP contribution in [-0.4, -0.2) is 96.0 Å². The van der Waals surface area contributed by atoms with Crippen molar-refractivity contribution in [3.05, 3.63) is 60.8 Å². The first-order valence-electron chi connectivity index (χ1n) is 26.8. The number of carbonyl (C=O) groups excluding carboxylic acids is 2. The van der Waals surface area contributed by atoms with Crippen LogP contribution in [0.1, 0.15) is 219 Å². The number of esters is 2. The number of aliphatic hydroxyl groups is 3. The first-order chi connectivity index (χ1) is 33.0. The van der Waals surface area contributed by atoms with Gasteiger partial charge in [-0.05, 0) is 77.0 Å². The molecule has 1 fully saturated rings. The monoisotopic (exact) mass is 981 g/mol. The Kier molecular flexibility index (Phi) is 41.3. The van der Waals surface area contributed by atoms with Crippen LogP contribution < -0.4 is 0 Å². The Bertz CT molecular complexity index is 1470. The van der Waals surface area contributed by atoms with Crippen molar-refractivity contribution in [2.45, 2.75) is 256 Å². The third-order valence-corrected chi connectivity index (χ3v) is 12.8. The standard InChI is InChI=1S/C55H96O12S/c1-3-5-7-9-11-13-15-17-19-21-22-23-24-25-26-28-30-32-34-36-38-40-42-44-51(57)66-48(46-65-55-54(60)53(59)52(58)49(67-55)47-68(61,62)63)45-64-50(56)43-41-39-37-35-33-31-29-27-20-18-16-14-12-10-8-6-4-2/h18,20,28-31,35-38,48-49,52-55,58-60H,3-17,19,21-27,32-34,39-47H2,1-2H3,(H,61,62,63)/b20-18+,30-28+,31-29+,37-35+,38-36+/t48-,49-,52-,53?,54?,55+/m1/s1. The van der Waals surface area contributed by atoms with Crippen LogP contribution in [0.15, 0.2) is 60.8 Å². The molecule has 0 aliphatic carbocycles. The molecular formula is C55H96O12S. The number of hydrogen-bond donors (Lipinski definition) is 4. The maximum absolute atomic E-state index is 12.9. The SMILES string of the molecule is CCCCCCCC/C=C/C/C=C/C/C=C/CCCC(=O)OC[C@H](CO[C@H]1O[C@H](CS(=O)(=O)O)[C@@H](O)C(O)C1O)OC(=O)CCC/C=C/CC/C=C/CCCCCCCCCCCCCCCC. The topological polar surface area (TPSA) is 186 Å². The van der Waals surface area contributed by atoms with Gasteiger partial charge < -0.3 is 34.3 Å². The largest absolute Gasteiger partial charge is 0.462 e. The van der Waals surface area contributed by atoms with E-state index in [0.29, 0.717) is 25.7 Å². The first-order valence-corrected chi connectivity index (χ1v) is 28.5. The molecule has 0 saturated carbocycles.